The molecule has 0 fully saturated rings. The Morgan fingerprint density at radius 2 is 1.59 bits per heavy atom. The Balaban J connectivity index is 2.96. The highest BCUT2D eigenvalue weighted by Gasteiger charge is 2.30. The fourth-order valence-corrected chi connectivity index (χ4v) is 2.83. The van der Waals surface area contributed by atoms with Crippen molar-refractivity contribution in [2.45, 2.75) is 52.0 Å². The maximum Gasteiger partial charge on any atom is 0.307 e. The van der Waals surface area contributed by atoms with Crippen LogP contribution in [0.15, 0.2) is 30.3 Å². The summed E-state index contributed by atoms with van der Waals surface area (Å²) < 4.78 is 0. The van der Waals surface area contributed by atoms with Gasteiger partial charge in [0.05, 0.1) is 18.4 Å². The van der Waals surface area contributed by atoms with Gasteiger partial charge < -0.3 is 15.5 Å². The third-order valence-electron chi connectivity index (χ3n) is 4.58. The summed E-state index contributed by atoms with van der Waals surface area (Å²) in [6.45, 7) is 3.28. The van der Waals surface area contributed by atoms with E-state index < -0.39 is 54.3 Å². The molecule has 1 aromatic rings. The number of hydrogen-bond donors (Lipinski definition) is 3. The largest absolute Gasteiger partial charge is 0.481 e. The molecule has 3 N–H and O–H groups in total. The van der Waals surface area contributed by atoms with Crippen LogP contribution in [0.25, 0.3) is 0 Å². The van der Waals surface area contributed by atoms with Gasteiger partial charge in [-0.15, -0.1) is 0 Å². The van der Waals surface area contributed by atoms with Gasteiger partial charge in [0.2, 0.25) is 5.91 Å². The number of carbonyl (C=O) groups is 5. The minimum atomic E-state index is -1.38. The number of benzene rings is 1. The molecule has 0 unspecified atom stereocenters. The maximum absolute atomic E-state index is 12.7. The number of amides is 1. The van der Waals surface area contributed by atoms with Gasteiger partial charge in [-0.3, -0.25) is 24.0 Å². The molecule has 0 saturated heterocycles. The molecule has 0 aliphatic rings. The van der Waals surface area contributed by atoms with Gasteiger partial charge in [0, 0.05) is 25.2 Å². The smallest absolute Gasteiger partial charge is 0.307 e. The van der Waals surface area contributed by atoms with Crippen LogP contribution in [0.1, 0.15) is 45.1 Å². The topological polar surface area (TPSA) is 138 Å². The summed E-state index contributed by atoms with van der Waals surface area (Å²) in [7, 11) is 0. The van der Waals surface area contributed by atoms with Gasteiger partial charge in [0.15, 0.2) is 5.78 Å². The number of carboxylic acid groups (broad SMARTS) is 2. The number of ketones is 2. The summed E-state index contributed by atoms with van der Waals surface area (Å²) in [6, 6.07) is 7.85. The van der Waals surface area contributed by atoms with Gasteiger partial charge >= 0.3 is 11.9 Å². The van der Waals surface area contributed by atoms with E-state index in [-0.39, 0.29) is 18.6 Å². The monoisotopic (exact) mass is 405 g/mol. The highest BCUT2D eigenvalue weighted by atomic mass is 16.4. The highest BCUT2D eigenvalue weighted by Crippen LogP contribution is 2.15. The van der Waals surface area contributed by atoms with Gasteiger partial charge in [-0.1, -0.05) is 44.2 Å². The number of carboxylic acids is 2. The lowest BCUT2D eigenvalue weighted by Crippen LogP contribution is -2.45. The number of carbonyl (C=O) groups excluding carboxylic acids is 3. The minimum Gasteiger partial charge on any atom is -0.481 e. The summed E-state index contributed by atoms with van der Waals surface area (Å²) >= 11 is 0. The average molecular weight is 405 g/mol. The molecule has 0 heterocycles. The number of rotatable bonds is 13. The molecule has 8 nitrogen and oxygen atoms in total. The van der Waals surface area contributed by atoms with Crippen molar-refractivity contribution in [3.63, 3.8) is 0 Å². The first-order valence-corrected chi connectivity index (χ1v) is 9.47. The van der Waals surface area contributed by atoms with Crippen LogP contribution in [0.5, 0.6) is 0 Å². The predicted octanol–water partition coefficient (Wildman–Crippen LogP) is 1.85. The molecular formula is C21H27NO7. The van der Waals surface area contributed by atoms with Crippen molar-refractivity contribution in [3.8, 4) is 0 Å². The minimum absolute atomic E-state index is 0.0470. The van der Waals surface area contributed by atoms with E-state index in [9.17, 15) is 29.1 Å². The van der Waals surface area contributed by atoms with Crippen molar-refractivity contribution in [1.82, 2.24) is 5.32 Å². The van der Waals surface area contributed by atoms with Crippen LogP contribution in [0.4, 0.5) is 0 Å². The van der Waals surface area contributed by atoms with E-state index in [2.05, 4.69) is 5.32 Å². The zero-order chi connectivity index (χ0) is 22.0. The average Bonchev–Trinajstić information content (AvgIpc) is 2.66. The van der Waals surface area contributed by atoms with Crippen molar-refractivity contribution in [2.24, 2.45) is 11.8 Å². The molecule has 0 aliphatic heterocycles. The molecular weight excluding hydrogens is 378 g/mol. The summed E-state index contributed by atoms with van der Waals surface area (Å²) in [5.41, 5.74) is 0.758. The second-order valence-corrected chi connectivity index (χ2v) is 7.05. The lowest BCUT2D eigenvalue weighted by atomic mass is 9.92. The summed E-state index contributed by atoms with van der Waals surface area (Å²) in [5, 5.41) is 20.7. The molecule has 1 rings (SSSR count). The number of aliphatic carboxylic acids is 2. The molecule has 3 atom stereocenters. The van der Waals surface area contributed by atoms with Crippen molar-refractivity contribution < 1.29 is 34.2 Å². The van der Waals surface area contributed by atoms with Gasteiger partial charge in [-0.05, 0) is 12.0 Å². The molecule has 0 spiro atoms. The van der Waals surface area contributed by atoms with E-state index in [0.29, 0.717) is 6.42 Å². The SMILES string of the molecule is CCC(=O)C[C@@H](C)C(=O)N[C@@H](Cc1ccccc1)C(=O)C[C@@H](CC(=O)O)C(=O)O. The molecule has 158 valence electrons. The maximum atomic E-state index is 12.7. The van der Waals surface area contributed by atoms with Crippen molar-refractivity contribution in [1.29, 1.82) is 0 Å². The van der Waals surface area contributed by atoms with E-state index in [1.807, 2.05) is 0 Å². The van der Waals surface area contributed by atoms with Crippen LogP contribution in [-0.2, 0) is 30.4 Å². The first-order chi connectivity index (χ1) is 13.6. The first-order valence-electron chi connectivity index (χ1n) is 9.47. The van der Waals surface area contributed by atoms with Gasteiger partial charge in [0.1, 0.15) is 5.78 Å². The third kappa shape index (κ3) is 8.68. The Hall–Kier alpha value is -3.03. The zero-order valence-corrected chi connectivity index (χ0v) is 16.6. The molecule has 0 aliphatic carbocycles. The fourth-order valence-electron chi connectivity index (χ4n) is 2.83. The van der Waals surface area contributed by atoms with E-state index >= 15 is 0 Å². The summed E-state index contributed by atoms with van der Waals surface area (Å²) in [6.07, 6.45) is -0.708. The van der Waals surface area contributed by atoms with Crippen molar-refractivity contribution in [3.05, 3.63) is 35.9 Å². The van der Waals surface area contributed by atoms with E-state index in [1.165, 1.54) is 0 Å². The molecule has 1 amide bonds. The summed E-state index contributed by atoms with van der Waals surface area (Å²) in [5.74, 6) is -5.84. The highest BCUT2D eigenvalue weighted by molar-refractivity contribution is 5.93. The van der Waals surface area contributed by atoms with Gasteiger partial charge in [0.25, 0.3) is 0 Å². The Bertz CT molecular complexity index is 745. The van der Waals surface area contributed by atoms with E-state index in [4.69, 9.17) is 5.11 Å². The summed E-state index contributed by atoms with van der Waals surface area (Å²) in [4.78, 5) is 59.0. The molecule has 0 aromatic heterocycles. The normalized spacial score (nSPS) is 13.7. The van der Waals surface area contributed by atoms with Crippen molar-refractivity contribution in [2.75, 3.05) is 0 Å². The number of hydrogen-bond acceptors (Lipinski definition) is 5. The Kier molecular flexibility index (Phi) is 9.71. The van der Waals surface area contributed by atoms with Crippen LogP contribution < -0.4 is 5.32 Å². The number of Topliss-reactive ketones (excluding diaryl/α,β-unsaturated/α-hetero) is 2. The standard InChI is InChI=1S/C21H27NO7/c1-3-16(23)9-13(2)20(27)22-17(10-14-7-5-4-6-8-14)18(24)11-15(21(28)29)12-19(25)26/h4-8,13,15,17H,3,9-12H2,1-2H3,(H,22,27)(H,25,26)(H,28,29)/t13-,15+,17+/m1/s1. The van der Waals surface area contributed by atoms with Crippen LogP contribution in [0.2, 0.25) is 0 Å². The van der Waals surface area contributed by atoms with E-state index in [0.717, 1.165) is 5.56 Å². The molecule has 1 aromatic carbocycles. The lowest BCUT2D eigenvalue weighted by Gasteiger charge is -2.21. The first kappa shape index (κ1) is 24.0. The number of nitrogens with one attached hydrogen (secondary N) is 1. The van der Waals surface area contributed by atoms with Gasteiger partial charge in [-0.2, -0.15) is 0 Å². The molecule has 0 bridgehead atoms. The molecule has 0 radical (unpaired) electrons. The predicted molar refractivity (Wildman–Crippen MR) is 104 cm³/mol. The quantitative estimate of drug-likeness (QED) is 0.455. The second-order valence-electron chi connectivity index (χ2n) is 7.05. The Labute approximate surface area is 169 Å². The Morgan fingerprint density at radius 1 is 0.966 bits per heavy atom. The molecule has 29 heavy (non-hydrogen) atoms. The molecule has 0 saturated carbocycles. The second kappa shape index (κ2) is 11.7. The molecule has 8 heteroatoms. The lowest BCUT2D eigenvalue weighted by molar-refractivity contribution is -0.149. The van der Waals surface area contributed by atoms with E-state index in [1.54, 1.807) is 44.2 Å². The third-order valence-corrected chi connectivity index (χ3v) is 4.58. The van der Waals surface area contributed by atoms with Gasteiger partial charge in [-0.25, -0.2) is 0 Å². The Morgan fingerprint density at radius 3 is 2.10 bits per heavy atom. The fraction of sp³-hybridized carbons (Fsp3) is 0.476. The van der Waals surface area contributed by atoms with Crippen LogP contribution in [-0.4, -0.2) is 45.7 Å². The van der Waals surface area contributed by atoms with Crippen LogP contribution >= 0.6 is 0 Å². The van der Waals surface area contributed by atoms with Crippen LogP contribution in [0.3, 0.4) is 0 Å². The van der Waals surface area contributed by atoms with Crippen molar-refractivity contribution >= 4 is 29.4 Å². The van der Waals surface area contributed by atoms with Crippen LogP contribution in [0, 0.1) is 11.8 Å². The zero-order valence-electron chi connectivity index (χ0n) is 16.6.